The molecule has 0 bridgehead atoms. The van der Waals surface area contributed by atoms with Crippen LogP contribution < -0.4 is 5.32 Å². The van der Waals surface area contributed by atoms with Gasteiger partial charge in [0.15, 0.2) is 0 Å². The summed E-state index contributed by atoms with van der Waals surface area (Å²) in [6.45, 7) is 5.38. The van der Waals surface area contributed by atoms with Gasteiger partial charge in [0.1, 0.15) is 11.2 Å². The molecule has 0 saturated heterocycles. The molecule has 0 aromatic carbocycles. The molecule has 1 rings (SSSR count). The minimum absolute atomic E-state index is 0.0483. The molecule has 2 unspecified atom stereocenters. The number of nitrogens with zero attached hydrogens (tertiary/aromatic N) is 1. The van der Waals surface area contributed by atoms with Gasteiger partial charge in [-0.15, -0.1) is 0 Å². The van der Waals surface area contributed by atoms with Crippen LogP contribution in [-0.4, -0.2) is 11.9 Å². The Hall–Kier alpha value is -1.76. The molecule has 0 aliphatic rings. The fourth-order valence-electron chi connectivity index (χ4n) is 1.45. The van der Waals surface area contributed by atoms with Crippen molar-refractivity contribution in [3.05, 3.63) is 24.2 Å². The molecule has 0 saturated carbocycles. The van der Waals surface area contributed by atoms with E-state index in [0.717, 1.165) is 5.76 Å². The van der Waals surface area contributed by atoms with Gasteiger partial charge in [-0.25, -0.2) is 0 Å². The van der Waals surface area contributed by atoms with Crippen LogP contribution in [0.3, 0.4) is 0 Å². The molecule has 4 heteroatoms. The molecule has 1 aromatic heterocycles. The molecule has 1 N–H and O–H groups in total. The van der Waals surface area contributed by atoms with Crippen LogP contribution in [0.4, 0.5) is 0 Å². The number of carbonyl (C=O) groups excluding carboxylic acids is 1. The Labute approximate surface area is 102 Å². The predicted molar refractivity (Wildman–Crippen MR) is 64.0 cm³/mol. The lowest BCUT2D eigenvalue weighted by Gasteiger charge is -2.21. The number of nitrogens with one attached hydrogen (secondary N) is 1. The maximum Gasteiger partial charge on any atom is 0.240 e. The van der Waals surface area contributed by atoms with E-state index in [-0.39, 0.29) is 11.9 Å². The Balaban J connectivity index is 2.54. The largest absolute Gasteiger partial charge is 0.469 e. The molecule has 92 valence electrons. The van der Waals surface area contributed by atoms with Crippen LogP contribution in [0.1, 0.15) is 33.0 Å². The van der Waals surface area contributed by atoms with Crippen LogP contribution in [0.5, 0.6) is 0 Å². The zero-order valence-corrected chi connectivity index (χ0v) is 10.5. The van der Waals surface area contributed by atoms with Crippen molar-refractivity contribution in [3.8, 4) is 6.07 Å². The number of carbonyl (C=O) groups is 1. The quantitative estimate of drug-likeness (QED) is 0.849. The smallest absolute Gasteiger partial charge is 0.240 e. The second-order valence-corrected chi connectivity index (χ2v) is 4.46. The SMILES string of the molecule is CCC(C)(C#N)C(=O)NC(C)Cc1ccco1. The molecule has 0 spiro atoms. The van der Waals surface area contributed by atoms with E-state index in [2.05, 4.69) is 11.4 Å². The lowest BCUT2D eigenvalue weighted by Crippen LogP contribution is -2.43. The Bertz CT molecular complexity index is 406. The fourth-order valence-corrected chi connectivity index (χ4v) is 1.45. The summed E-state index contributed by atoms with van der Waals surface area (Å²) in [4.78, 5) is 11.9. The number of hydrogen-bond acceptors (Lipinski definition) is 3. The van der Waals surface area contributed by atoms with Gasteiger partial charge in [-0.3, -0.25) is 4.79 Å². The van der Waals surface area contributed by atoms with Gasteiger partial charge in [-0.1, -0.05) is 6.92 Å². The van der Waals surface area contributed by atoms with Crippen molar-refractivity contribution in [1.82, 2.24) is 5.32 Å². The maximum absolute atomic E-state index is 11.9. The summed E-state index contributed by atoms with van der Waals surface area (Å²) in [6.07, 6.45) is 2.74. The normalized spacial score (nSPS) is 15.6. The van der Waals surface area contributed by atoms with Gasteiger partial charge >= 0.3 is 0 Å². The zero-order valence-electron chi connectivity index (χ0n) is 10.5. The second kappa shape index (κ2) is 5.53. The predicted octanol–water partition coefficient (Wildman–Crippen LogP) is 2.27. The molecule has 4 nitrogen and oxygen atoms in total. The molecule has 0 aliphatic heterocycles. The van der Waals surface area contributed by atoms with Gasteiger partial charge in [-0.05, 0) is 32.4 Å². The Morgan fingerprint density at radius 2 is 2.41 bits per heavy atom. The van der Waals surface area contributed by atoms with Crippen molar-refractivity contribution in [3.63, 3.8) is 0 Å². The molecule has 1 aromatic rings. The molecule has 0 radical (unpaired) electrons. The lowest BCUT2D eigenvalue weighted by molar-refractivity contribution is -0.128. The molecule has 0 fully saturated rings. The summed E-state index contributed by atoms with van der Waals surface area (Å²) < 4.78 is 5.21. The zero-order chi connectivity index (χ0) is 12.9. The molecule has 1 amide bonds. The van der Waals surface area contributed by atoms with Crippen molar-refractivity contribution >= 4 is 5.91 Å². The number of amides is 1. The minimum Gasteiger partial charge on any atom is -0.469 e. The summed E-state index contributed by atoms with van der Waals surface area (Å²) in [6, 6.07) is 5.69. The molecule has 0 aliphatic carbocycles. The summed E-state index contributed by atoms with van der Waals surface area (Å²) in [7, 11) is 0. The van der Waals surface area contributed by atoms with E-state index in [4.69, 9.17) is 9.68 Å². The molecule has 1 heterocycles. The summed E-state index contributed by atoms with van der Waals surface area (Å²) in [5.41, 5.74) is -0.947. The third-order valence-corrected chi connectivity index (χ3v) is 2.92. The van der Waals surface area contributed by atoms with Gasteiger partial charge in [0.25, 0.3) is 0 Å². The third-order valence-electron chi connectivity index (χ3n) is 2.92. The maximum atomic E-state index is 11.9. The van der Waals surface area contributed by atoms with Crippen LogP contribution in [-0.2, 0) is 11.2 Å². The van der Waals surface area contributed by atoms with E-state index in [1.807, 2.05) is 26.0 Å². The molecule has 17 heavy (non-hydrogen) atoms. The highest BCUT2D eigenvalue weighted by Gasteiger charge is 2.31. The van der Waals surface area contributed by atoms with Gasteiger partial charge in [-0.2, -0.15) is 5.26 Å². The van der Waals surface area contributed by atoms with Gasteiger partial charge < -0.3 is 9.73 Å². The minimum atomic E-state index is -0.947. The standard InChI is InChI=1S/C13H18N2O2/c1-4-13(3,9-14)12(16)15-10(2)8-11-6-5-7-17-11/h5-7,10H,4,8H2,1-3H3,(H,15,16). The van der Waals surface area contributed by atoms with E-state index in [1.165, 1.54) is 0 Å². The van der Waals surface area contributed by atoms with Crippen LogP contribution >= 0.6 is 0 Å². The van der Waals surface area contributed by atoms with Crippen LogP contribution in [0.2, 0.25) is 0 Å². The summed E-state index contributed by atoms with van der Waals surface area (Å²) in [5.74, 6) is 0.606. The highest BCUT2D eigenvalue weighted by molar-refractivity contribution is 5.85. The van der Waals surface area contributed by atoms with Gasteiger partial charge in [0.2, 0.25) is 5.91 Å². The third kappa shape index (κ3) is 3.35. The number of rotatable bonds is 5. The number of furan rings is 1. The van der Waals surface area contributed by atoms with Crippen molar-refractivity contribution in [2.24, 2.45) is 5.41 Å². The molecule has 2 atom stereocenters. The van der Waals surface area contributed by atoms with Crippen LogP contribution in [0, 0.1) is 16.7 Å². The summed E-state index contributed by atoms with van der Waals surface area (Å²) >= 11 is 0. The first-order valence-electron chi connectivity index (χ1n) is 5.76. The van der Waals surface area contributed by atoms with Crippen LogP contribution in [0.25, 0.3) is 0 Å². The van der Waals surface area contributed by atoms with Crippen molar-refractivity contribution < 1.29 is 9.21 Å². The van der Waals surface area contributed by atoms with Crippen molar-refractivity contribution in [2.45, 2.75) is 39.7 Å². The first-order chi connectivity index (χ1) is 8.01. The van der Waals surface area contributed by atoms with E-state index >= 15 is 0 Å². The average molecular weight is 234 g/mol. The lowest BCUT2D eigenvalue weighted by atomic mass is 9.88. The van der Waals surface area contributed by atoms with E-state index in [9.17, 15) is 4.79 Å². The fraction of sp³-hybridized carbons (Fsp3) is 0.538. The van der Waals surface area contributed by atoms with Crippen LogP contribution in [0.15, 0.2) is 22.8 Å². The highest BCUT2D eigenvalue weighted by atomic mass is 16.3. The monoisotopic (exact) mass is 234 g/mol. The second-order valence-electron chi connectivity index (χ2n) is 4.46. The topological polar surface area (TPSA) is 66.0 Å². The Morgan fingerprint density at radius 1 is 1.71 bits per heavy atom. The average Bonchev–Trinajstić information content (AvgIpc) is 2.80. The van der Waals surface area contributed by atoms with E-state index < -0.39 is 5.41 Å². The highest BCUT2D eigenvalue weighted by Crippen LogP contribution is 2.20. The van der Waals surface area contributed by atoms with Crippen molar-refractivity contribution in [2.75, 3.05) is 0 Å². The number of nitriles is 1. The van der Waals surface area contributed by atoms with E-state index in [0.29, 0.717) is 12.8 Å². The van der Waals surface area contributed by atoms with Gasteiger partial charge in [0.05, 0.1) is 12.3 Å². The molecular weight excluding hydrogens is 216 g/mol. The Kier molecular flexibility index (Phi) is 4.33. The van der Waals surface area contributed by atoms with Crippen molar-refractivity contribution in [1.29, 1.82) is 5.26 Å². The molecular formula is C13H18N2O2. The van der Waals surface area contributed by atoms with E-state index in [1.54, 1.807) is 13.2 Å². The Morgan fingerprint density at radius 3 is 2.88 bits per heavy atom. The first kappa shape index (κ1) is 13.3. The van der Waals surface area contributed by atoms with Gasteiger partial charge in [0, 0.05) is 12.5 Å². The first-order valence-corrected chi connectivity index (χ1v) is 5.76. The number of hydrogen-bond donors (Lipinski definition) is 1. The summed E-state index contributed by atoms with van der Waals surface area (Å²) in [5, 5.41) is 11.8.